The van der Waals surface area contributed by atoms with Gasteiger partial charge in [0.25, 0.3) is 0 Å². The van der Waals surface area contributed by atoms with Crippen LogP contribution >= 0.6 is 0 Å². The average Bonchev–Trinajstić information content (AvgIpc) is 2.89. The van der Waals surface area contributed by atoms with E-state index >= 15 is 0 Å². The molecule has 0 heterocycles. The van der Waals surface area contributed by atoms with Gasteiger partial charge in [-0.2, -0.15) is 0 Å². The van der Waals surface area contributed by atoms with Gasteiger partial charge < -0.3 is 14.2 Å². The van der Waals surface area contributed by atoms with Crippen molar-refractivity contribution in [3.63, 3.8) is 0 Å². The van der Waals surface area contributed by atoms with Gasteiger partial charge in [0.15, 0.2) is 16.9 Å². The molecule has 1 aromatic carbocycles. The summed E-state index contributed by atoms with van der Waals surface area (Å²) in [7, 11) is 1.53. The highest BCUT2D eigenvalue weighted by atomic mass is 16.6. The normalized spacial score (nSPS) is 11.4. The highest BCUT2D eigenvalue weighted by Crippen LogP contribution is 2.34. The van der Waals surface area contributed by atoms with Crippen molar-refractivity contribution in [2.24, 2.45) is 5.41 Å². The van der Waals surface area contributed by atoms with Gasteiger partial charge in [-0.25, -0.2) is 0 Å². The first-order valence-electron chi connectivity index (χ1n) is 15.0. The SMILES string of the molecule is CCCCCCCCCCCCCCCCCOC(=O)C(CC)(CC)C(=O)Oc1cc(C)ccc1OC. The smallest absolute Gasteiger partial charge is 0.328 e. The number of unbranched alkanes of at least 4 members (excludes halogenated alkanes) is 14. The van der Waals surface area contributed by atoms with Crippen molar-refractivity contribution >= 4 is 11.9 Å². The summed E-state index contributed by atoms with van der Waals surface area (Å²) >= 11 is 0. The number of esters is 2. The molecule has 37 heavy (non-hydrogen) atoms. The molecule has 1 aromatic rings. The molecule has 0 aromatic heterocycles. The van der Waals surface area contributed by atoms with Gasteiger partial charge in [0, 0.05) is 0 Å². The second-order valence-electron chi connectivity index (χ2n) is 10.4. The monoisotopic (exact) mass is 518 g/mol. The van der Waals surface area contributed by atoms with Crippen molar-refractivity contribution in [1.29, 1.82) is 0 Å². The fourth-order valence-electron chi connectivity index (χ4n) is 4.75. The standard InChI is InChI=1S/C32H54O5/c1-6-9-10-11-12-13-14-15-16-17-18-19-20-21-22-25-36-30(33)32(7-2,8-3)31(34)37-29-26-27(4)23-24-28(29)35-5/h23-24,26H,6-22,25H2,1-5H3. The van der Waals surface area contributed by atoms with E-state index in [0.29, 0.717) is 30.9 Å². The average molecular weight is 519 g/mol. The molecule has 0 spiro atoms. The van der Waals surface area contributed by atoms with Crippen molar-refractivity contribution in [3.8, 4) is 11.5 Å². The van der Waals surface area contributed by atoms with Crippen molar-refractivity contribution in [2.75, 3.05) is 13.7 Å². The number of carbonyl (C=O) groups is 2. The number of carbonyl (C=O) groups excluding carboxylic acids is 2. The summed E-state index contributed by atoms with van der Waals surface area (Å²) in [5, 5.41) is 0. The van der Waals surface area contributed by atoms with E-state index in [9.17, 15) is 9.59 Å². The first kappa shape index (κ1) is 33.0. The Labute approximate surface area is 227 Å². The highest BCUT2D eigenvalue weighted by molar-refractivity contribution is 6.00. The Hall–Kier alpha value is -2.04. The number of benzene rings is 1. The summed E-state index contributed by atoms with van der Waals surface area (Å²) in [6.45, 7) is 8.18. The summed E-state index contributed by atoms with van der Waals surface area (Å²) in [5.41, 5.74) is -0.359. The quantitative estimate of drug-likeness (QED) is 0.0663. The van der Waals surface area contributed by atoms with Crippen LogP contribution in [0.3, 0.4) is 0 Å². The molecule has 0 unspecified atom stereocenters. The zero-order chi connectivity index (χ0) is 27.4. The Bertz CT molecular complexity index is 754. The van der Waals surface area contributed by atoms with E-state index in [1.54, 1.807) is 12.1 Å². The van der Waals surface area contributed by atoms with E-state index < -0.39 is 17.4 Å². The predicted octanol–water partition coefficient (Wildman–Crippen LogP) is 9.13. The molecule has 0 radical (unpaired) electrons. The van der Waals surface area contributed by atoms with E-state index in [1.165, 1.54) is 84.2 Å². The second kappa shape index (κ2) is 20.0. The third-order valence-corrected chi connectivity index (χ3v) is 7.49. The van der Waals surface area contributed by atoms with Crippen LogP contribution in [-0.2, 0) is 14.3 Å². The van der Waals surface area contributed by atoms with Gasteiger partial charge in [-0.15, -0.1) is 0 Å². The van der Waals surface area contributed by atoms with Gasteiger partial charge in [0.1, 0.15) is 0 Å². The number of ether oxygens (including phenoxy) is 3. The Balaban J connectivity index is 2.25. The van der Waals surface area contributed by atoms with Crippen LogP contribution in [0.2, 0.25) is 0 Å². The molecule has 5 nitrogen and oxygen atoms in total. The van der Waals surface area contributed by atoms with Crippen molar-refractivity contribution in [2.45, 2.75) is 137 Å². The zero-order valence-corrected chi connectivity index (χ0v) is 24.5. The fraction of sp³-hybridized carbons (Fsp3) is 0.750. The lowest BCUT2D eigenvalue weighted by atomic mass is 9.82. The van der Waals surface area contributed by atoms with E-state index in [0.717, 1.165) is 24.8 Å². The lowest BCUT2D eigenvalue weighted by Gasteiger charge is -2.27. The molecule has 1 rings (SSSR count). The third-order valence-electron chi connectivity index (χ3n) is 7.49. The van der Waals surface area contributed by atoms with E-state index in [-0.39, 0.29) is 0 Å². The van der Waals surface area contributed by atoms with Crippen LogP contribution in [-0.4, -0.2) is 25.7 Å². The minimum Gasteiger partial charge on any atom is -0.493 e. The summed E-state index contributed by atoms with van der Waals surface area (Å²) < 4.78 is 16.5. The lowest BCUT2D eigenvalue weighted by Crippen LogP contribution is -2.42. The minimum atomic E-state index is -1.30. The third kappa shape index (κ3) is 12.4. The maximum atomic E-state index is 13.1. The van der Waals surface area contributed by atoms with Gasteiger partial charge in [-0.1, -0.05) is 117 Å². The van der Waals surface area contributed by atoms with E-state index in [1.807, 2.05) is 26.8 Å². The summed E-state index contributed by atoms with van der Waals surface area (Å²) in [6.07, 6.45) is 20.0. The van der Waals surface area contributed by atoms with Crippen LogP contribution in [0.1, 0.15) is 135 Å². The number of methoxy groups -OCH3 is 1. The maximum absolute atomic E-state index is 13.1. The molecular weight excluding hydrogens is 464 g/mol. The number of rotatable bonds is 22. The molecule has 0 saturated carbocycles. The number of hydrogen-bond acceptors (Lipinski definition) is 5. The van der Waals surface area contributed by atoms with Crippen molar-refractivity contribution in [3.05, 3.63) is 23.8 Å². The molecule has 0 amide bonds. The largest absolute Gasteiger partial charge is 0.493 e. The summed E-state index contributed by atoms with van der Waals surface area (Å²) in [5.74, 6) is -0.275. The molecule has 0 bridgehead atoms. The molecule has 0 N–H and O–H groups in total. The van der Waals surface area contributed by atoms with Crippen molar-refractivity contribution in [1.82, 2.24) is 0 Å². The second-order valence-corrected chi connectivity index (χ2v) is 10.4. The van der Waals surface area contributed by atoms with E-state index in [2.05, 4.69) is 6.92 Å². The van der Waals surface area contributed by atoms with Gasteiger partial charge >= 0.3 is 11.9 Å². The van der Waals surface area contributed by atoms with Crippen molar-refractivity contribution < 1.29 is 23.8 Å². The predicted molar refractivity (Wildman–Crippen MR) is 152 cm³/mol. The van der Waals surface area contributed by atoms with Crippen LogP contribution < -0.4 is 9.47 Å². The van der Waals surface area contributed by atoms with Gasteiger partial charge in [0.2, 0.25) is 0 Å². The highest BCUT2D eigenvalue weighted by Gasteiger charge is 2.46. The summed E-state index contributed by atoms with van der Waals surface area (Å²) in [6, 6.07) is 5.38. The molecule has 5 heteroatoms. The fourth-order valence-corrected chi connectivity index (χ4v) is 4.75. The van der Waals surface area contributed by atoms with Crippen LogP contribution in [0.5, 0.6) is 11.5 Å². The zero-order valence-electron chi connectivity index (χ0n) is 24.5. The van der Waals surface area contributed by atoms with Crippen LogP contribution in [0.4, 0.5) is 0 Å². The summed E-state index contributed by atoms with van der Waals surface area (Å²) in [4.78, 5) is 26.1. The van der Waals surface area contributed by atoms with Crippen LogP contribution in [0, 0.1) is 12.3 Å². The molecule has 0 fully saturated rings. The Morgan fingerprint density at radius 2 is 1.16 bits per heavy atom. The molecule has 212 valence electrons. The van der Waals surface area contributed by atoms with E-state index in [4.69, 9.17) is 14.2 Å². The molecule has 0 aliphatic rings. The van der Waals surface area contributed by atoms with Gasteiger partial charge in [-0.05, 0) is 43.9 Å². The lowest BCUT2D eigenvalue weighted by molar-refractivity contribution is -0.168. The number of aryl methyl sites for hydroxylation is 1. The Morgan fingerprint density at radius 1 is 0.676 bits per heavy atom. The Morgan fingerprint density at radius 3 is 1.62 bits per heavy atom. The van der Waals surface area contributed by atoms with Crippen LogP contribution in [0.25, 0.3) is 0 Å². The van der Waals surface area contributed by atoms with Gasteiger partial charge in [-0.3, -0.25) is 9.59 Å². The van der Waals surface area contributed by atoms with Crippen LogP contribution in [0.15, 0.2) is 18.2 Å². The van der Waals surface area contributed by atoms with Gasteiger partial charge in [0.05, 0.1) is 13.7 Å². The first-order chi connectivity index (χ1) is 17.9. The molecule has 0 atom stereocenters. The number of hydrogen-bond donors (Lipinski definition) is 0. The molecule has 0 aliphatic carbocycles. The molecule has 0 saturated heterocycles. The Kier molecular flexibility index (Phi) is 17.8. The molecular formula is C32H54O5. The molecule has 0 aliphatic heterocycles. The first-order valence-corrected chi connectivity index (χ1v) is 15.0. The minimum absolute atomic E-state index is 0.328. The topological polar surface area (TPSA) is 61.8 Å². The maximum Gasteiger partial charge on any atom is 0.328 e.